The first kappa shape index (κ1) is 13.0. The standard InChI is InChI=1S/C7H8N4O5S/c12-4(2-16-3-6(13)14)9-7(15)10-5-1-8-11-17-5/h1H,2-3H2,(H,13,14)(H2,9,10,12,15). The van der Waals surface area contributed by atoms with Gasteiger partial charge in [0.2, 0.25) is 0 Å². The average Bonchev–Trinajstić information content (AvgIpc) is 2.69. The molecule has 0 saturated heterocycles. The number of nitrogens with one attached hydrogen (secondary N) is 2. The van der Waals surface area contributed by atoms with Crippen molar-refractivity contribution < 1.29 is 24.2 Å². The third kappa shape index (κ3) is 5.53. The van der Waals surface area contributed by atoms with Crippen LogP contribution in [0.1, 0.15) is 0 Å². The smallest absolute Gasteiger partial charge is 0.329 e. The first-order valence-electron chi connectivity index (χ1n) is 4.25. The van der Waals surface area contributed by atoms with Gasteiger partial charge in [-0.1, -0.05) is 4.49 Å². The van der Waals surface area contributed by atoms with E-state index in [9.17, 15) is 14.4 Å². The van der Waals surface area contributed by atoms with Gasteiger partial charge in [-0.3, -0.25) is 15.4 Å². The molecule has 3 amide bonds. The zero-order valence-electron chi connectivity index (χ0n) is 8.37. The van der Waals surface area contributed by atoms with E-state index in [4.69, 9.17) is 5.11 Å². The molecule has 0 unspecified atom stereocenters. The molecule has 9 nitrogen and oxygen atoms in total. The molecule has 3 N–H and O–H groups in total. The minimum atomic E-state index is -1.20. The topological polar surface area (TPSA) is 131 Å². The maximum absolute atomic E-state index is 11.2. The van der Waals surface area contributed by atoms with Crippen molar-refractivity contribution >= 4 is 34.4 Å². The molecule has 17 heavy (non-hydrogen) atoms. The lowest BCUT2D eigenvalue weighted by Gasteiger charge is -2.03. The van der Waals surface area contributed by atoms with Gasteiger partial charge in [-0.05, 0) is 0 Å². The molecular weight excluding hydrogens is 252 g/mol. The Hall–Kier alpha value is -2.07. The van der Waals surface area contributed by atoms with Crippen LogP contribution in [0, 0.1) is 0 Å². The van der Waals surface area contributed by atoms with Crippen molar-refractivity contribution in [3.8, 4) is 0 Å². The van der Waals surface area contributed by atoms with E-state index in [0.717, 1.165) is 11.5 Å². The average molecular weight is 260 g/mol. The van der Waals surface area contributed by atoms with E-state index in [1.807, 2.05) is 5.32 Å². The molecule has 0 atom stereocenters. The molecule has 0 radical (unpaired) electrons. The number of carbonyl (C=O) groups excluding carboxylic acids is 2. The SMILES string of the molecule is O=C(O)COCC(=O)NC(=O)Nc1cnns1. The summed E-state index contributed by atoms with van der Waals surface area (Å²) >= 11 is 0.947. The molecule has 0 bridgehead atoms. The summed E-state index contributed by atoms with van der Waals surface area (Å²) in [7, 11) is 0. The van der Waals surface area contributed by atoms with Crippen LogP contribution in [-0.2, 0) is 14.3 Å². The van der Waals surface area contributed by atoms with Gasteiger partial charge in [0.05, 0.1) is 6.20 Å². The van der Waals surface area contributed by atoms with Gasteiger partial charge in [0.25, 0.3) is 5.91 Å². The Balaban J connectivity index is 2.22. The van der Waals surface area contributed by atoms with E-state index in [-0.39, 0.29) is 0 Å². The first-order chi connectivity index (χ1) is 8.08. The van der Waals surface area contributed by atoms with Crippen LogP contribution in [0.15, 0.2) is 6.20 Å². The number of aliphatic carboxylic acids is 1. The second-order valence-electron chi connectivity index (χ2n) is 2.67. The van der Waals surface area contributed by atoms with Crippen molar-refractivity contribution in [2.75, 3.05) is 18.5 Å². The van der Waals surface area contributed by atoms with Gasteiger partial charge in [0, 0.05) is 11.5 Å². The molecule has 0 saturated carbocycles. The normalized spacial score (nSPS) is 9.65. The molecule has 0 fully saturated rings. The van der Waals surface area contributed by atoms with Gasteiger partial charge in [0.1, 0.15) is 18.2 Å². The Labute approximate surface area is 98.9 Å². The van der Waals surface area contributed by atoms with Crippen molar-refractivity contribution in [1.29, 1.82) is 0 Å². The third-order valence-electron chi connectivity index (χ3n) is 1.31. The lowest BCUT2D eigenvalue weighted by atomic mass is 10.6. The summed E-state index contributed by atoms with van der Waals surface area (Å²) in [6.45, 7) is -1.12. The lowest BCUT2D eigenvalue weighted by molar-refractivity contribution is -0.143. The number of aromatic nitrogens is 2. The molecular formula is C7H8N4O5S. The highest BCUT2D eigenvalue weighted by atomic mass is 32.1. The minimum absolute atomic E-state index is 0.377. The van der Waals surface area contributed by atoms with E-state index in [1.54, 1.807) is 0 Å². The predicted octanol–water partition coefficient (Wildman–Crippen LogP) is -0.713. The number of hydrogen-bond acceptors (Lipinski definition) is 7. The molecule has 0 aliphatic carbocycles. The minimum Gasteiger partial charge on any atom is -0.480 e. The van der Waals surface area contributed by atoms with Crippen molar-refractivity contribution in [2.24, 2.45) is 0 Å². The van der Waals surface area contributed by atoms with Crippen LogP contribution in [0.2, 0.25) is 0 Å². The van der Waals surface area contributed by atoms with Crippen LogP contribution >= 0.6 is 11.5 Å². The number of carbonyl (C=O) groups is 3. The largest absolute Gasteiger partial charge is 0.480 e. The van der Waals surface area contributed by atoms with E-state index in [1.165, 1.54) is 6.20 Å². The second-order valence-corrected chi connectivity index (χ2v) is 3.46. The highest BCUT2D eigenvalue weighted by molar-refractivity contribution is 7.10. The van der Waals surface area contributed by atoms with Crippen molar-refractivity contribution in [3.63, 3.8) is 0 Å². The summed E-state index contributed by atoms with van der Waals surface area (Å²) in [6.07, 6.45) is 1.32. The number of anilines is 1. The summed E-state index contributed by atoms with van der Waals surface area (Å²) in [5.41, 5.74) is 0. The summed E-state index contributed by atoms with van der Waals surface area (Å²) in [5.74, 6) is -1.95. The van der Waals surface area contributed by atoms with Crippen LogP contribution in [-0.4, -0.2) is 45.8 Å². The summed E-state index contributed by atoms with van der Waals surface area (Å²) in [4.78, 5) is 32.3. The fourth-order valence-electron chi connectivity index (χ4n) is 0.759. The van der Waals surface area contributed by atoms with Crippen LogP contribution < -0.4 is 10.6 Å². The Morgan fingerprint density at radius 1 is 1.41 bits per heavy atom. The summed E-state index contributed by atoms with van der Waals surface area (Å²) in [5, 5.41) is 16.3. The maximum Gasteiger partial charge on any atom is 0.329 e. The Morgan fingerprint density at radius 3 is 2.76 bits per heavy atom. The molecule has 1 rings (SSSR count). The monoisotopic (exact) mass is 260 g/mol. The van der Waals surface area contributed by atoms with E-state index >= 15 is 0 Å². The third-order valence-corrected chi connectivity index (χ3v) is 1.89. The molecule has 1 aromatic heterocycles. The highest BCUT2D eigenvalue weighted by Gasteiger charge is 2.09. The quantitative estimate of drug-likeness (QED) is 0.637. The molecule has 1 heterocycles. The van der Waals surface area contributed by atoms with E-state index in [0.29, 0.717) is 5.00 Å². The van der Waals surface area contributed by atoms with Crippen molar-refractivity contribution in [2.45, 2.75) is 0 Å². The molecule has 0 spiro atoms. The number of carboxylic acids is 1. The Morgan fingerprint density at radius 2 is 2.18 bits per heavy atom. The number of rotatable bonds is 5. The van der Waals surface area contributed by atoms with Gasteiger partial charge in [-0.2, -0.15) is 0 Å². The highest BCUT2D eigenvalue weighted by Crippen LogP contribution is 2.07. The maximum atomic E-state index is 11.2. The van der Waals surface area contributed by atoms with E-state index in [2.05, 4.69) is 19.6 Å². The second kappa shape index (κ2) is 6.50. The van der Waals surface area contributed by atoms with Crippen molar-refractivity contribution in [3.05, 3.63) is 6.20 Å². The zero-order valence-corrected chi connectivity index (χ0v) is 9.19. The number of imide groups is 1. The predicted molar refractivity (Wildman–Crippen MR) is 55.5 cm³/mol. The Kier molecular flexibility index (Phi) is 4.97. The van der Waals surface area contributed by atoms with Crippen LogP contribution in [0.5, 0.6) is 0 Å². The fourth-order valence-corrected chi connectivity index (χ4v) is 1.17. The first-order valence-corrected chi connectivity index (χ1v) is 5.03. The molecule has 1 aromatic rings. The van der Waals surface area contributed by atoms with Crippen LogP contribution in [0.25, 0.3) is 0 Å². The molecule has 0 aromatic carbocycles. The molecule has 0 aliphatic rings. The number of nitrogens with zero attached hydrogens (tertiary/aromatic N) is 2. The van der Waals surface area contributed by atoms with Gasteiger partial charge in [0.15, 0.2) is 0 Å². The number of amides is 3. The zero-order chi connectivity index (χ0) is 12.7. The van der Waals surface area contributed by atoms with Gasteiger partial charge < -0.3 is 9.84 Å². The van der Waals surface area contributed by atoms with Crippen molar-refractivity contribution in [1.82, 2.24) is 14.9 Å². The van der Waals surface area contributed by atoms with Crippen LogP contribution in [0.4, 0.5) is 9.80 Å². The summed E-state index contributed by atoms with van der Waals surface area (Å²) < 4.78 is 7.98. The summed E-state index contributed by atoms with van der Waals surface area (Å²) in [6, 6.07) is -0.764. The molecule has 10 heteroatoms. The number of hydrogen-bond donors (Lipinski definition) is 3. The number of urea groups is 1. The fraction of sp³-hybridized carbons (Fsp3) is 0.286. The van der Waals surface area contributed by atoms with Crippen LogP contribution in [0.3, 0.4) is 0 Å². The van der Waals surface area contributed by atoms with Gasteiger partial charge in [-0.25, -0.2) is 9.59 Å². The Bertz CT molecular complexity index is 406. The van der Waals surface area contributed by atoms with E-state index < -0.39 is 31.1 Å². The molecule has 92 valence electrons. The van der Waals surface area contributed by atoms with Gasteiger partial charge >= 0.3 is 12.0 Å². The number of ether oxygens (including phenoxy) is 1. The molecule has 0 aliphatic heterocycles. The lowest BCUT2D eigenvalue weighted by Crippen LogP contribution is -2.36. The number of carboxylic acid groups (broad SMARTS) is 1. The van der Waals surface area contributed by atoms with Gasteiger partial charge in [-0.15, -0.1) is 5.10 Å².